The number of aryl methyl sites for hydroxylation is 1. The number of anilines is 1. The largest absolute Gasteiger partial charge is 0.493 e. The fourth-order valence-electron chi connectivity index (χ4n) is 1.98. The molecular weight excluding hydrogens is 308 g/mol. The van der Waals surface area contributed by atoms with Crippen LogP contribution in [0.4, 0.5) is 5.82 Å². The smallest absolute Gasteiger partial charge is 0.206 e. The number of hydrogen-bond donors (Lipinski definition) is 1. The van der Waals surface area contributed by atoms with Gasteiger partial charge in [-0.15, -0.1) is 11.3 Å². The molecule has 2 aromatic rings. The van der Waals surface area contributed by atoms with Crippen molar-refractivity contribution in [3.63, 3.8) is 0 Å². The van der Waals surface area contributed by atoms with Gasteiger partial charge in [0.15, 0.2) is 15.8 Å². The average molecular weight is 324 g/mol. The van der Waals surface area contributed by atoms with E-state index < -0.39 is 0 Å². The second-order valence-electron chi connectivity index (χ2n) is 4.26. The number of thioether (sulfide) groups is 1. The first kappa shape index (κ1) is 15.7. The molecule has 0 spiro atoms. The zero-order valence-electron chi connectivity index (χ0n) is 12.2. The Morgan fingerprint density at radius 3 is 2.57 bits per heavy atom. The van der Waals surface area contributed by atoms with Crippen LogP contribution in [0.3, 0.4) is 0 Å². The van der Waals surface area contributed by atoms with Crippen molar-refractivity contribution in [3.8, 4) is 11.5 Å². The number of thiazole rings is 1. The van der Waals surface area contributed by atoms with E-state index in [-0.39, 0.29) is 11.6 Å². The Hall–Kier alpha value is -1.73. The lowest BCUT2D eigenvalue weighted by atomic mass is 10.0. The zero-order valence-corrected chi connectivity index (χ0v) is 13.9. The minimum absolute atomic E-state index is 0.158. The summed E-state index contributed by atoms with van der Waals surface area (Å²) in [5, 5.41) is 0. The third-order valence-electron chi connectivity index (χ3n) is 2.94. The van der Waals surface area contributed by atoms with Gasteiger partial charge in [-0.2, -0.15) is 0 Å². The maximum Gasteiger partial charge on any atom is 0.206 e. The molecule has 7 heteroatoms. The van der Waals surface area contributed by atoms with E-state index in [1.165, 1.54) is 23.1 Å². The highest BCUT2D eigenvalue weighted by molar-refractivity contribution is 8.00. The van der Waals surface area contributed by atoms with Crippen molar-refractivity contribution in [2.75, 3.05) is 26.2 Å². The highest BCUT2D eigenvalue weighted by Crippen LogP contribution is 2.35. The number of rotatable bonds is 5. The Kier molecular flexibility index (Phi) is 4.74. The summed E-state index contributed by atoms with van der Waals surface area (Å²) in [5.41, 5.74) is 7.16. The van der Waals surface area contributed by atoms with E-state index in [2.05, 4.69) is 4.98 Å². The van der Waals surface area contributed by atoms with Gasteiger partial charge in [0, 0.05) is 5.56 Å². The third-order valence-corrected chi connectivity index (χ3v) is 5.00. The summed E-state index contributed by atoms with van der Waals surface area (Å²) in [7, 11) is 3.11. The van der Waals surface area contributed by atoms with Crippen molar-refractivity contribution in [3.05, 3.63) is 28.1 Å². The van der Waals surface area contributed by atoms with Gasteiger partial charge >= 0.3 is 0 Å². The van der Waals surface area contributed by atoms with Gasteiger partial charge in [0.25, 0.3) is 0 Å². The first-order valence-corrected chi connectivity index (χ1v) is 8.13. The van der Waals surface area contributed by atoms with E-state index in [9.17, 15) is 4.79 Å². The van der Waals surface area contributed by atoms with Gasteiger partial charge in [0.1, 0.15) is 10.7 Å². The van der Waals surface area contributed by atoms with Crippen LogP contribution >= 0.6 is 23.1 Å². The quantitative estimate of drug-likeness (QED) is 0.673. The Morgan fingerprint density at radius 1 is 1.33 bits per heavy atom. The third kappa shape index (κ3) is 2.98. The van der Waals surface area contributed by atoms with Crippen molar-refractivity contribution < 1.29 is 14.3 Å². The highest BCUT2D eigenvalue weighted by atomic mass is 32.2. The van der Waals surface area contributed by atoms with Gasteiger partial charge in [-0.25, -0.2) is 4.98 Å². The van der Waals surface area contributed by atoms with Crippen LogP contribution in [-0.2, 0) is 0 Å². The first-order chi connectivity index (χ1) is 10.0. The molecule has 2 rings (SSSR count). The second kappa shape index (κ2) is 6.36. The lowest BCUT2D eigenvalue weighted by Gasteiger charge is -2.12. The molecule has 2 N–H and O–H groups in total. The van der Waals surface area contributed by atoms with Crippen LogP contribution in [0.25, 0.3) is 0 Å². The van der Waals surface area contributed by atoms with Crippen LogP contribution in [0.2, 0.25) is 0 Å². The Bertz CT molecular complexity index is 683. The van der Waals surface area contributed by atoms with Crippen LogP contribution in [0, 0.1) is 6.92 Å². The summed E-state index contributed by atoms with van der Waals surface area (Å²) in [4.78, 5) is 17.2. The van der Waals surface area contributed by atoms with Crippen molar-refractivity contribution in [1.29, 1.82) is 0 Å². The van der Waals surface area contributed by atoms with Gasteiger partial charge in [0.05, 0.1) is 14.2 Å². The maximum absolute atomic E-state index is 12.6. The number of methoxy groups -OCH3 is 2. The monoisotopic (exact) mass is 324 g/mol. The van der Waals surface area contributed by atoms with Crippen LogP contribution in [-0.4, -0.2) is 31.2 Å². The van der Waals surface area contributed by atoms with Crippen molar-refractivity contribution in [2.24, 2.45) is 0 Å². The molecule has 21 heavy (non-hydrogen) atoms. The number of nitrogens with two attached hydrogens (primary N) is 1. The molecule has 1 aromatic heterocycles. The van der Waals surface area contributed by atoms with Crippen LogP contribution in [0.1, 0.15) is 20.8 Å². The summed E-state index contributed by atoms with van der Waals surface area (Å²) < 4.78 is 11.3. The standard InChI is InChI=1S/C14H16N2O3S2/c1-7-5-8(6-9(18-2)11(7)19-3)10(17)12-13(15)16-14(20-4)21-12/h5-6H,15H2,1-4H3. The molecule has 5 nitrogen and oxygen atoms in total. The van der Waals surface area contributed by atoms with E-state index >= 15 is 0 Å². The van der Waals surface area contributed by atoms with E-state index in [0.717, 1.165) is 9.90 Å². The van der Waals surface area contributed by atoms with Crippen LogP contribution < -0.4 is 15.2 Å². The van der Waals surface area contributed by atoms with E-state index in [1.54, 1.807) is 26.4 Å². The molecule has 112 valence electrons. The van der Waals surface area contributed by atoms with Gasteiger partial charge in [-0.05, 0) is 30.9 Å². The van der Waals surface area contributed by atoms with Gasteiger partial charge in [0.2, 0.25) is 5.78 Å². The van der Waals surface area contributed by atoms with E-state index in [1.807, 2.05) is 13.2 Å². The number of ketones is 1. The minimum Gasteiger partial charge on any atom is -0.493 e. The zero-order chi connectivity index (χ0) is 15.6. The number of hydrogen-bond acceptors (Lipinski definition) is 7. The van der Waals surface area contributed by atoms with Gasteiger partial charge in [-0.1, -0.05) is 11.8 Å². The molecule has 1 aromatic carbocycles. The van der Waals surface area contributed by atoms with Crippen LogP contribution in [0.5, 0.6) is 11.5 Å². The summed E-state index contributed by atoms with van der Waals surface area (Å²) in [6, 6.07) is 3.42. The summed E-state index contributed by atoms with van der Waals surface area (Å²) in [6.45, 7) is 1.86. The predicted molar refractivity (Wildman–Crippen MR) is 86.0 cm³/mol. The highest BCUT2D eigenvalue weighted by Gasteiger charge is 2.20. The molecule has 0 aliphatic rings. The van der Waals surface area contributed by atoms with Crippen LogP contribution in [0.15, 0.2) is 16.5 Å². The molecule has 0 saturated heterocycles. The van der Waals surface area contributed by atoms with Gasteiger partial charge in [-0.3, -0.25) is 4.79 Å². The Labute approximate surface area is 131 Å². The van der Waals surface area contributed by atoms with Crippen molar-refractivity contribution >= 4 is 34.7 Å². The molecule has 0 unspecified atom stereocenters. The second-order valence-corrected chi connectivity index (χ2v) is 6.31. The fourth-order valence-corrected chi connectivity index (χ4v) is 3.43. The molecule has 1 heterocycles. The summed E-state index contributed by atoms with van der Waals surface area (Å²) in [5.74, 6) is 1.25. The van der Waals surface area contributed by atoms with Crippen molar-refractivity contribution in [2.45, 2.75) is 11.3 Å². The molecule has 0 radical (unpaired) electrons. The number of carbonyl (C=O) groups excluding carboxylic acids is 1. The fraction of sp³-hybridized carbons (Fsp3) is 0.286. The number of aromatic nitrogens is 1. The first-order valence-electron chi connectivity index (χ1n) is 6.09. The Balaban J connectivity index is 2.48. The lowest BCUT2D eigenvalue weighted by molar-refractivity contribution is 0.104. The maximum atomic E-state index is 12.6. The van der Waals surface area contributed by atoms with E-state index in [4.69, 9.17) is 15.2 Å². The number of nitrogen functional groups attached to an aromatic ring is 1. The van der Waals surface area contributed by atoms with Crippen molar-refractivity contribution in [1.82, 2.24) is 4.98 Å². The summed E-state index contributed by atoms with van der Waals surface area (Å²) in [6.07, 6.45) is 1.90. The number of carbonyl (C=O) groups is 1. The topological polar surface area (TPSA) is 74.4 Å². The molecular formula is C14H16N2O3S2. The molecule has 0 bridgehead atoms. The molecule has 0 aliphatic heterocycles. The SMILES string of the molecule is COc1cc(C(=O)c2sc(SC)nc2N)cc(C)c1OC. The predicted octanol–water partition coefficient (Wildman–Crippen LogP) is 3.00. The number of nitrogens with zero attached hydrogens (tertiary/aromatic N) is 1. The molecule has 0 aliphatic carbocycles. The Morgan fingerprint density at radius 2 is 2.05 bits per heavy atom. The number of ether oxygens (including phenoxy) is 2. The minimum atomic E-state index is -0.158. The molecule has 0 atom stereocenters. The van der Waals surface area contributed by atoms with Gasteiger partial charge < -0.3 is 15.2 Å². The molecule has 0 saturated carbocycles. The average Bonchev–Trinajstić information content (AvgIpc) is 2.86. The number of benzene rings is 1. The summed E-state index contributed by atoms with van der Waals surface area (Å²) >= 11 is 2.76. The van der Waals surface area contributed by atoms with E-state index in [0.29, 0.717) is 21.9 Å². The lowest BCUT2D eigenvalue weighted by Crippen LogP contribution is -2.04. The molecule has 0 fully saturated rings. The molecule has 0 amide bonds. The normalized spacial score (nSPS) is 10.5.